The van der Waals surface area contributed by atoms with E-state index in [0.717, 1.165) is 25.3 Å². The lowest BCUT2D eigenvalue weighted by molar-refractivity contribution is -0.145. The minimum absolute atomic E-state index is 0.0288. The van der Waals surface area contributed by atoms with Gasteiger partial charge >= 0.3 is 11.9 Å². The van der Waals surface area contributed by atoms with E-state index in [1.807, 2.05) is 0 Å². The minimum Gasteiger partial charge on any atom is -0.508 e. The highest BCUT2D eigenvalue weighted by Gasteiger charge is 2.49. The second-order valence-electron chi connectivity index (χ2n) is 7.27. The molecule has 0 saturated heterocycles. The number of hydrogen-bond acceptors (Lipinski definition) is 9. The number of ether oxygens (including phenoxy) is 3. The van der Waals surface area contributed by atoms with Crippen molar-refractivity contribution in [3.8, 4) is 11.5 Å². The molecule has 2 aliphatic rings. The fraction of sp³-hybridized carbons (Fsp3) is 0.217. The van der Waals surface area contributed by atoms with Gasteiger partial charge in [0.1, 0.15) is 35.7 Å². The zero-order chi connectivity index (χ0) is 23.6. The summed E-state index contributed by atoms with van der Waals surface area (Å²) < 4.78 is 15.4. The maximum atomic E-state index is 13.0. The molecule has 0 saturated carbocycles. The summed E-state index contributed by atoms with van der Waals surface area (Å²) in [5, 5.41) is 19.5. The Kier molecular flexibility index (Phi) is 6.02. The molecule has 0 bridgehead atoms. The summed E-state index contributed by atoms with van der Waals surface area (Å²) in [7, 11) is 0. The van der Waals surface area contributed by atoms with Gasteiger partial charge in [-0.3, -0.25) is 14.4 Å². The van der Waals surface area contributed by atoms with E-state index in [4.69, 9.17) is 14.2 Å². The Morgan fingerprint density at radius 2 is 1.91 bits per heavy atom. The van der Waals surface area contributed by atoms with Gasteiger partial charge in [-0.25, -0.2) is 4.79 Å². The molecule has 1 aliphatic heterocycles. The number of rotatable bonds is 5. The SMILES string of the molecule is CC(=O)OC/C=C/C1=CC2=CC(=O)[C@@](C)(OC(=O)c3c(C)cc(O)cc3O)C(=O)C2=CO1. The number of esters is 2. The monoisotopic (exact) mass is 440 g/mol. The number of aromatic hydroxyl groups is 2. The van der Waals surface area contributed by atoms with Crippen molar-refractivity contribution in [3.05, 3.63) is 70.7 Å². The Hall–Kier alpha value is -4.14. The molecule has 2 N–H and O–H groups in total. The van der Waals surface area contributed by atoms with E-state index in [9.17, 15) is 29.4 Å². The zero-order valence-corrected chi connectivity index (χ0v) is 17.5. The molecule has 0 fully saturated rings. The first kappa shape index (κ1) is 22.5. The van der Waals surface area contributed by atoms with Gasteiger partial charge in [0.25, 0.3) is 0 Å². The Morgan fingerprint density at radius 3 is 2.56 bits per heavy atom. The fourth-order valence-electron chi connectivity index (χ4n) is 3.18. The van der Waals surface area contributed by atoms with Crippen LogP contribution in [0.4, 0.5) is 0 Å². The van der Waals surface area contributed by atoms with E-state index in [1.165, 1.54) is 38.1 Å². The lowest BCUT2D eigenvalue weighted by atomic mass is 9.80. The number of aryl methyl sites for hydroxylation is 1. The zero-order valence-electron chi connectivity index (χ0n) is 17.5. The third kappa shape index (κ3) is 4.31. The van der Waals surface area contributed by atoms with E-state index in [-0.39, 0.29) is 34.6 Å². The summed E-state index contributed by atoms with van der Waals surface area (Å²) in [5.41, 5.74) is -1.92. The topological polar surface area (TPSA) is 136 Å². The predicted octanol–water partition coefficient (Wildman–Crippen LogP) is 2.32. The van der Waals surface area contributed by atoms with E-state index < -0.39 is 34.9 Å². The highest BCUT2D eigenvalue weighted by molar-refractivity contribution is 6.26. The first-order valence-corrected chi connectivity index (χ1v) is 9.48. The largest absolute Gasteiger partial charge is 0.508 e. The molecule has 1 aromatic rings. The third-order valence-electron chi connectivity index (χ3n) is 4.82. The maximum Gasteiger partial charge on any atom is 0.343 e. The second-order valence-corrected chi connectivity index (χ2v) is 7.27. The first-order chi connectivity index (χ1) is 15.0. The molecule has 3 rings (SSSR count). The lowest BCUT2D eigenvalue weighted by Gasteiger charge is -2.31. The smallest absolute Gasteiger partial charge is 0.343 e. The van der Waals surface area contributed by atoms with Gasteiger partial charge in [-0.05, 0) is 55.4 Å². The van der Waals surface area contributed by atoms with E-state index in [0.29, 0.717) is 5.76 Å². The van der Waals surface area contributed by atoms with Crippen molar-refractivity contribution >= 4 is 23.5 Å². The van der Waals surface area contributed by atoms with Crippen LogP contribution in [0.3, 0.4) is 0 Å². The van der Waals surface area contributed by atoms with Crippen LogP contribution in [0, 0.1) is 6.92 Å². The number of allylic oxidation sites excluding steroid dienone is 3. The van der Waals surface area contributed by atoms with Gasteiger partial charge in [-0.15, -0.1) is 0 Å². The van der Waals surface area contributed by atoms with Crippen molar-refractivity contribution in [2.24, 2.45) is 0 Å². The minimum atomic E-state index is -2.16. The molecular weight excluding hydrogens is 420 g/mol. The predicted molar refractivity (Wildman–Crippen MR) is 109 cm³/mol. The Balaban J connectivity index is 1.84. The summed E-state index contributed by atoms with van der Waals surface area (Å²) in [6.45, 7) is 3.92. The number of ketones is 2. The number of carbonyl (C=O) groups excluding carboxylic acids is 4. The van der Waals surface area contributed by atoms with Crippen LogP contribution in [0.5, 0.6) is 11.5 Å². The molecule has 1 heterocycles. The van der Waals surface area contributed by atoms with Crippen molar-refractivity contribution in [1.29, 1.82) is 0 Å². The fourth-order valence-corrected chi connectivity index (χ4v) is 3.18. The molecule has 9 heteroatoms. The first-order valence-electron chi connectivity index (χ1n) is 9.48. The van der Waals surface area contributed by atoms with Crippen LogP contribution in [-0.4, -0.2) is 45.9 Å². The van der Waals surface area contributed by atoms with Crippen molar-refractivity contribution < 1.29 is 43.6 Å². The second kappa shape index (κ2) is 8.54. The van der Waals surface area contributed by atoms with Crippen LogP contribution >= 0.6 is 0 Å². The van der Waals surface area contributed by atoms with Crippen LogP contribution in [0.1, 0.15) is 29.8 Å². The molecule has 9 nitrogen and oxygen atoms in total. The van der Waals surface area contributed by atoms with Crippen molar-refractivity contribution in [2.45, 2.75) is 26.4 Å². The Bertz CT molecular complexity index is 1130. The summed E-state index contributed by atoms with van der Waals surface area (Å²) >= 11 is 0. The van der Waals surface area contributed by atoms with Gasteiger partial charge in [-0.1, -0.05) is 0 Å². The maximum absolute atomic E-state index is 13.0. The average Bonchev–Trinajstić information content (AvgIpc) is 2.69. The van der Waals surface area contributed by atoms with Crippen LogP contribution in [0.2, 0.25) is 0 Å². The highest BCUT2D eigenvalue weighted by atomic mass is 16.6. The number of benzene rings is 1. The molecule has 32 heavy (non-hydrogen) atoms. The van der Waals surface area contributed by atoms with Crippen LogP contribution in [0.15, 0.2) is 59.6 Å². The normalized spacial score (nSPS) is 20.0. The van der Waals surface area contributed by atoms with E-state index >= 15 is 0 Å². The molecule has 166 valence electrons. The van der Waals surface area contributed by atoms with Gasteiger partial charge in [-0.2, -0.15) is 0 Å². The number of Topliss-reactive ketones (excluding diaryl/α,β-unsaturated/α-hetero) is 1. The molecule has 0 aromatic heterocycles. The van der Waals surface area contributed by atoms with E-state index in [2.05, 4.69) is 0 Å². The quantitative estimate of drug-likeness (QED) is 0.522. The van der Waals surface area contributed by atoms with E-state index in [1.54, 1.807) is 0 Å². The molecular formula is C23H20O9. The summed E-state index contributed by atoms with van der Waals surface area (Å²) in [4.78, 5) is 49.2. The van der Waals surface area contributed by atoms with Crippen LogP contribution in [-0.2, 0) is 28.6 Å². The third-order valence-corrected chi connectivity index (χ3v) is 4.82. The van der Waals surface area contributed by atoms with Gasteiger partial charge in [0.2, 0.25) is 17.2 Å². The van der Waals surface area contributed by atoms with Crippen LogP contribution in [0.25, 0.3) is 0 Å². The van der Waals surface area contributed by atoms with Gasteiger partial charge in [0, 0.05) is 13.0 Å². The molecule has 0 amide bonds. The summed E-state index contributed by atoms with van der Waals surface area (Å²) in [6, 6.07) is 2.19. The van der Waals surface area contributed by atoms with Crippen LogP contribution < -0.4 is 0 Å². The molecule has 1 aromatic carbocycles. The molecule has 1 atom stereocenters. The number of fused-ring (bicyclic) bond motifs is 1. The summed E-state index contributed by atoms with van der Waals surface area (Å²) in [5.74, 6) is -3.58. The molecule has 0 unspecified atom stereocenters. The van der Waals surface area contributed by atoms with Crippen molar-refractivity contribution in [1.82, 2.24) is 0 Å². The van der Waals surface area contributed by atoms with Gasteiger partial charge in [0.15, 0.2) is 0 Å². The summed E-state index contributed by atoms with van der Waals surface area (Å²) in [6.07, 6.45) is 6.79. The highest BCUT2D eigenvalue weighted by Crippen LogP contribution is 2.35. The van der Waals surface area contributed by atoms with Crippen molar-refractivity contribution in [3.63, 3.8) is 0 Å². The Labute approximate surface area is 182 Å². The number of phenolic OH excluding ortho intramolecular Hbond substituents is 2. The van der Waals surface area contributed by atoms with Gasteiger partial charge in [0.05, 0.1) is 5.57 Å². The average molecular weight is 440 g/mol. The number of phenols is 2. The molecule has 1 aliphatic carbocycles. The standard InChI is InChI=1S/C23H20O9/c1-12-7-15(25)10-18(26)20(12)22(29)32-23(3)19(27)9-14-8-16(5-4-6-30-13(2)24)31-11-17(14)21(23)28/h4-5,7-11,25-26H,6H2,1-3H3/b5-4+/t23-/m1/s1. The van der Waals surface area contributed by atoms with Gasteiger partial charge < -0.3 is 24.4 Å². The number of hydrogen-bond donors (Lipinski definition) is 2. The van der Waals surface area contributed by atoms with Crippen molar-refractivity contribution in [2.75, 3.05) is 6.61 Å². The molecule has 0 radical (unpaired) electrons. The lowest BCUT2D eigenvalue weighted by Crippen LogP contribution is -2.50. The Morgan fingerprint density at radius 1 is 1.19 bits per heavy atom. The number of carbonyl (C=O) groups is 4. The molecule has 0 spiro atoms.